The van der Waals surface area contributed by atoms with E-state index in [-0.39, 0.29) is 23.9 Å². The molecule has 2 atom stereocenters. The number of ether oxygens (including phenoxy) is 1. The fourth-order valence-corrected chi connectivity index (χ4v) is 3.49. The Balaban J connectivity index is 1.50. The van der Waals surface area contributed by atoms with Crippen molar-refractivity contribution in [2.24, 2.45) is 4.99 Å². The predicted octanol–water partition coefficient (Wildman–Crippen LogP) is 2.94. The van der Waals surface area contributed by atoms with Gasteiger partial charge in [-0.1, -0.05) is 24.3 Å². The van der Waals surface area contributed by atoms with Crippen LogP contribution in [0.2, 0.25) is 0 Å². The molecule has 160 valence electrons. The maximum atomic E-state index is 13.0. The van der Waals surface area contributed by atoms with E-state index < -0.39 is 0 Å². The number of nitrogens with zero attached hydrogens (tertiary/aromatic N) is 2. The number of rotatable bonds is 5. The van der Waals surface area contributed by atoms with Gasteiger partial charge in [0.05, 0.1) is 12.2 Å². The molecule has 3 rings (SSSR count). The van der Waals surface area contributed by atoms with Crippen molar-refractivity contribution in [2.45, 2.75) is 39.1 Å². The van der Waals surface area contributed by atoms with Crippen molar-refractivity contribution in [2.75, 3.05) is 20.1 Å². The lowest BCUT2D eigenvalue weighted by Crippen LogP contribution is -2.48. The molecular weight excluding hydrogens is 383 g/mol. The number of aliphatic imine (C=N–C) groups is 1. The molecule has 2 N–H and O–H groups in total. The molecule has 1 aliphatic rings. The second-order valence-electron chi connectivity index (χ2n) is 7.57. The number of guanidine groups is 1. The number of hydrogen-bond acceptors (Lipinski definition) is 3. The number of morpholine rings is 1. The van der Waals surface area contributed by atoms with Crippen LogP contribution < -0.4 is 10.6 Å². The minimum absolute atomic E-state index is 0.0354. The highest BCUT2D eigenvalue weighted by molar-refractivity contribution is 5.94. The van der Waals surface area contributed by atoms with Crippen molar-refractivity contribution in [3.05, 3.63) is 71.0 Å². The summed E-state index contributed by atoms with van der Waals surface area (Å²) in [5, 5.41) is 6.44. The van der Waals surface area contributed by atoms with Gasteiger partial charge in [0.15, 0.2) is 5.96 Å². The van der Waals surface area contributed by atoms with E-state index in [9.17, 15) is 9.18 Å². The first-order valence-corrected chi connectivity index (χ1v) is 10.2. The van der Waals surface area contributed by atoms with Crippen LogP contribution in [0.25, 0.3) is 0 Å². The molecule has 2 aromatic carbocycles. The fraction of sp³-hybridized carbons (Fsp3) is 0.391. The van der Waals surface area contributed by atoms with Gasteiger partial charge in [-0.3, -0.25) is 9.79 Å². The van der Waals surface area contributed by atoms with Crippen LogP contribution in [-0.2, 0) is 17.8 Å². The summed E-state index contributed by atoms with van der Waals surface area (Å²) >= 11 is 0. The first-order valence-electron chi connectivity index (χ1n) is 10.2. The zero-order valence-corrected chi connectivity index (χ0v) is 17.7. The Labute approximate surface area is 177 Å². The summed E-state index contributed by atoms with van der Waals surface area (Å²) in [6.07, 6.45) is 0.102. The SMILES string of the molecule is CN=C(NCc1ccc(F)cc1)NCc1ccc(C(=O)N2CC(C)OC(C)C2)cc1. The van der Waals surface area contributed by atoms with Gasteiger partial charge in [0, 0.05) is 38.8 Å². The highest BCUT2D eigenvalue weighted by Gasteiger charge is 2.26. The fourth-order valence-electron chi connectivity index (χ4n) is 3.49. The third-order valence-electron chi connectivity index (χ3n) is 4.96. The summed E-state index contributed by atoms with van der Waals surface area (Å²) in [5.41, 5.74) is 2.69. The number of halogens is 1. The summed E-state index contributed by atoms with van der Waals surface area (Å²) in [7, 11) is 1.70. The van der Waals surface area contributed by atoms with Crippen molar-refractivity contribution in [3.63, 3.8) is 0 Å². The van der Waals surface area contributed by atoms with Crippen molar-refractivity contribution >= 4 is 11.9 Å². The van der Waals surface area contributed by atoms with Gasteiger partial charge in [-0.2, -0.15) is 0 Å². The molecule has 0 spiro atoms. The van der Waals surface area contributed by atoms with E-state index in [0.717, 1.165) is 11.1 Å². The molecule has 1 amide bonds. The number of carbonyl (C=O) groups excluding carboxylic acids is 1. The first-order chi connectivity index (χ1) is 14.4. The summed E-state index contributed by atoms with van der Waals surface area (Å²) in [6, 6.07) is 14.0. The van der Waals surface area contributed by atoms with Gasteiger partial charge in [0.2, 0.25) is 0 Å². The van der Waals surface area contributed by atoms with Gasteiger partial charge in [-0.15, -0.1) is 0 Å². The topological polar surface area (TPSA) is 66.0 Å². The maximum Gasteiger partial charge on any atom is 0.254 e. The highest BCUT2D eigenvalue weighted by atomic mass is 19.1. The first kappa shape index (κ1) is 21.8. The predicted molar refractivity (Wildman–Crippen MR) is 116 cm³/mol. The maximum absolute atomic E-state index is 13.0. The van der Waals surface area contributed by atoms with E-state index in [1.54, 1.807) is 19.2 Å². The lowest BCUT2D eigenvalue weighted by atomic mass is 10.1. The Morgan fingerprint density at radius 3 is 2.00 bits per heavy atom. The van der Waals surface area contributed by atoms with Crippen molar-refractivity contribution in [1.29, 1.82) is 0 Å². The van der Waals surface area contributed by atoms with E-state index in [4.69, 9.17) is 4.74 Å². The molecule has 1 aliphatic heterocycles. The Morgan fingerprint density at radius 2 is 1.50 bits per heavy atom. The number of nitrogens with one attached hydrogen (secondary N) is 2. The zero-order chi connectivity index (χ0) is 21.5. The monoisotopic (exact) mass is 412 g/mol. The number of hydrogen-bond donors (Lipinski definition) is 2. The Kier molecular flexibility index (Phi) is 7.41. The van der Waals surface area contributed by atoms with Crippen molar-refractivity contribution < 1.29 is 13.9 Å². The minimum atomic E-state index is -0.249. The molecule has 2 unspecified atom stereocenters. The van der Waals surface area contributed by atoms with Crippen molar-refractivity contribution in [1.82, 2.24) is 15.5 Å². The van der Waals surface area contributed by atoms with Gasteiger partial charge in [-0.05, 0) is 49.2 Å². The van der Waals surface area contributed by atoms with E-state index in [1.165, 1.54) is 12.1 Å². The summed E-state index contributed by atoms with van der Waals surface area (Å²) in [5.74, 6) is 0.435. The molecule has 0 radical (unpaired) electrons. The van der Waals surface area contributed by atoms with E-state index in [2.05, 4.69) is 15.6 Å². The third kappa shape index (κ3) is 6.03. The normalized spacial score (nSPS) is 19.5. The highest BCUT2D eigenvalue weighted by Crippen LogP contribution is 2.15. The average molecular weight is 413 g/mol. The molecule has 2 aromatic rings. The van der Waals surface area contributed by atoms with Gasteiger partial charge < -0.3 is 20.3 Å². The van der Waals surface area contributed by atoms with Crippen LogP contribution in [0.5, 0.6) is 0 Å². The van der Waals surface area contributed by atoms with Crippen LogP contribution in [0.1, 0.15) is 35.3 Å². The Morgan fingerprint density at radius 1 is 1.00 bits per heavy atom. The lowest BCUT2D eigenvalue weighted by molar-refractivity contribution is -0.0586. The van der Waals surface area contributed by atoms with Gasteiger partial charge in [-0.25, -0.2) is 4.39 Å². The van der Waals surface area contributed by atoms with Gasteiger partial charge in [0.25, 0.3) is 5.91 Å². The molecule has 0 bridgehead atoms. The molecule has 0 aromatic heterocycles. The third-order valence-corrected chi connectivity index (χ3v) is 4.96. The molecule has 1 heterocycles. The van der Waals surface area contributed by atoms with Crippen LogP contribution >= 0.6 is 0 Å². The number of carbonyl (C=O) groups is 1. The molecule has 7 heteroatoms. The molecule has 1 saturated heterocycles. The number of benzene rings is 2. The Hall–Kier alpha value is -2.93. The second kappa shape index (κ2) is 10.2. The van der Waals surface area contributed by atoms with E-state index in [1.807, 2.05) is 43.0 Å². The van der Waals surface area contributed by atoms with Gasteiger partial charge >= 0.3 is 0 Å². The molecule has 30 heavy (non-hydrogen) atoms. The summed E-state index contributed by atoms with van der Waals surface area (Å²) in [4.78, 5) is 18.8. The number of amides is 1. The molecular formula is C23H29FN4O2. The lowest BCUT2D eigenvalue weighted by Gasteiger charge is -2.35. The zero-order valence-electron chi connectivity index (χ0n) is 17.7. The van der Waals surface area contributed by atoms with Crippen LogP contribution in [0, 0.1) is 5.82 Å². The van der Waals surface area contributed by atoms with Crippen LogP contribution in [0.4, 0.5) is 4.39 Å². The quantitative estimate of drug-likeness (QED) is 0.585. The molecule has 6 nitrogen and oxygen atoms in total. The average Bonchev–Trinajstić information content (AvgIpc) is 2.74. The minimum Gasteiger partial charge on any atom is -0.372 e. The van der Waals surface area contributed by atoms with E-state index >= 15 is 0 Å². The van der Waals surface area contributed by atoms with E-state index in [0.29, 0.717) is 37.7 Å². The van der Waals surface area contributed by atoms with Crippen LogP contribution in [-0.4, -0.2) is 49.1 Å². The smallest absolute Gasteiger partial charge is 0.254 e. The largest absolute Gasteiger partial charge is 0.372 e. The second-order valence-corrected chi connectivity index (χ2v) is 7.57. The van der Waals surface area contributed by atoms with Crippen LogP contribution in [0.15, 0.2) is 53.5 Å². The standard InChI is InChI=1S/C23H29FN4O2/c1-16-14-28(15-17(2)30-16)22(29)20-8-4-18(5-9-20)12-26-23(25-3)27-13-19-6-10-21(24)11-7-19/h4-11,16-17H,12-15H2,1-3H3,(H2,25,26,27). The Bertz CT molecular complexity index is 858. The van der Waals surface area contributed by atoms with Crippen LogP contribution in [0.3, 0.4) is 0 Å². The molecule has 1 fully saturated rings. The summed E-state index contributed by atoms with van der Waals surface area (Å²) in [6.45, 7) is 6.32. The molecule has 0 saturated carbocycles. The van der Waals surface area contributed by atoms with Crippen molar-refractivity contribution in [3.8, 4) is 0 Å². The summed E-state index contributed by atoms with van der Waals surface area (Å²) < 4.78 is 18.7. The van der Waals surface area contributed by atoms with Gasteiger partial charge in [0.1, 0.15) is 5.82 Å². The molecule has 0 aliphatic carbocycles.